The highest BCUT2D eigenvalue weighted by molar-refractivity contribution is 7.14. The van der Waals surface area contributed by atoms with Gasteiger partial charge in [0.15, 0.2) is 5.76 Å². The highest BCUT2D eigenvalue weighted by Gasteiger charge is 2.28. The van der Waals surface area contributed by atoms with Crippen molar-refractivity contribution in [1.82, 2.24) is 4.90 Å². The molecule has 1 atom stereocenters. The van der Waals surface area contributed by atoms with E-state index in [2.05, 4.69) is 11.8 Å². The minimum atomic E-state index is -0.329. The van der Waals surface area contributed by atoms with E-state index in [-0.39, 0.29) is 12.0 Å². The summed E-state index contributed by atoms with van der Waals surface area (Å²) in [6.07, 6.45) is 1.94. The van der Waals surface area contributed by atoms with E-state index in [0.717, 1.165) is 10.4 Å². The van der Waals surface area contributed by atoms with Crippen LogP contribution in [-0.2, 0) is 4.74 Å². The van der Waals surface area contributed by atoms with Crippen LogP contribution in [0.5, 0.6) is 5.75 Å². The van der Waals surface area contributed by atoms with Crippen LogP contribution in [0.1, 0.15) is 33.1 Å². The number of thiophene rings is 1. The van der Waals surface area contributed by atoms with Crippen LogP contribution in [0.15, 0.2) is 36.5 Å². The first kappa shape index (κ1) is 15.9. The third-order valence-electron chi connectivity index (χ3n) is 3.77. The van der Waals surface area contributed by atoms with Gasteiger partial charge in [0, 0.05) is 28.7 Å². The van der Waals surface area contributed by atoms with Gasteiger partial charge in [-0.1, -0.05) is 11.6 Å². The molecule has 0 saturated heterocycles. The summed E-state index contributed by atoms with van der Waals surface area (Å²) in [5, 5.41) is 0.657. The number of esters is 1. The number of nitrogens with zero attached hydrogens (tertiary/aromatic N) is 1. The van der Waals surface area contributed by atoms with Gasteiger partial charge in [-0.05, 0) is 37.3 Å². The first-order valence-corrected chi connectivity index (χ1v) is 8.28. The molecule has 120 valence electrons. The zero-order valence-corrected chi connectivity index (χ0v) is 14.6. The number of carbonyl (C=O) groups excluding carboxylic acids is 1. The fourth-order valence-electron chi connectivity index (χ4n) is 2.37. The highest BCUT2D eigenvalue weighted by atomic mass is 35.5. The molecule has 1 aromatic carbocycles. The van der Waals surface area contributed by atoms with Crippen LogP contribution in [0.4, 0.5) is 0 Å². The maximum atomic E-state index is 11.8. The summed E-state index contributed by atoms with van der Waals surface area (Å²) in [7, 11) is 3.37. The molecule has 0 fully saturated rings. The number of hydrogen-bond donors (Lipinski definition) is 0. The van der Waals surface area contributed by atoms with Gasteiger partial charge in [-0.15, -0.1) is 11.3 Å². The fraction of sp³-hybridized carbons (Fsp3) is 0.235. The van der Waals surface area contributed by atoms with E-state index in [1.54, 1.807) is 12.1 Å². The maximum absolute atomic E-state index is 11.8. The van der Waals surface area contributed by atoms with Crippen molar-refractivity contribution in [2.24, 2.45) is 0 Å². The van der Waals surface area contributed by atoms with Crippen LogP contribution < -0.4 is 4.74 Å². The van der Waals surface area contributed by atoms with E-state index in [9.17, 15) is 4.79 Å². The van der Waals surface area contributed by atoms with Crippen molar-refractivity contribution in [3.05, 3.63) is 56.9 Å². The topological polar surface area (TPSA) is 38.8 Å². The van der Waals surface area contributed by atoms with Crippen molar-refractivity contribution in [2.45, 2.75) is 13.0 Å². The Morgan fingerprint density at radius 1 is 1.30 bits per heavy atom. The smallest absolute Gasteiger partial charge is 0.348 e. The van der Waals surface area contributed by atoms with Crippen LogP contribution in [0.25, 0.3) is 5.76 Å². The molecule has 0 saturated carbocycles. The van der Waals surface area contributed by atoms with Crippen molar-refractivity contribution in [3.8, 4) is 5.75 Å². The van der Waals surface area contributed by atoms with Gasteiger partial charge in [-0.25, -0.2) is 4.79 Å². The van der Waals surface area contributed by atoms with E-state index >= 15 is 0 Å². The second kappa shape index (κ2) is 6.26. The van der Waals surface area contributed by atoms with Crippen LogP contribution in [0.2, 0.25) is 5.02 Å². The Hall–Kier alpha value is -1.98. The van der Waals surface area contributed by atoms with Crippen molar-refractivity contribution in [2.75, 3.05) is 14.2 Å². The van der Waals surface area contributed by atoms with E-state index in [1.807, 2.05) is 31.4 Å². The number of methoxy groups -OCH3 is 1. The van der Waals surface area contributed by atoms with E-state index in [1.165, 1.54) is 18.4 Å². The lowest BCUT2D eigenvalue weighted by Gasteiger charge is -2.29. The summed E-state index contributed by atoms with van der Waals surface area (Å²) >= 11 is 7.34. The second-order valence-electron chi connectivity index (χ2n) is 5.27. The Kier molecular flexibility index (Phi) is 4.33. The molecule has 6 heteroatoms. The molecule has 1 aromatic heterocycles. The first-order chi connectivity index (χ1) is 11.0. The molecule has 0 spiro atoms. The summed E-state index contributed by atoms with van der Waals surface area (Å²) in [5.74, 6) is 1.07. The molecule has 1 aliphatic rings. The number of fused-ring (bicyclic) bond motifs is 1. The summed E-state index contributed by atoms with van der Waals surface area (Å²) in [6, 6.07) is 9.19. The quantitative estimate of drug-likeness (QED) is 0.761. The molecule has 4 nitrogen and oxygen atoms in total. The van der Waals surface area contributed by atoms with Gasteiger partial charge in [-0.3, -0.25) is 0 Å². The molecular weight excluding hydrogens is 334 g/mol. The van der Waals surface area contributed by atoms with Gasteiger partial charge < -0.3 is 14.4 Å². The predicted molar refractivity (Wildman–Crippen MR) is 91.9 cm³/mol. The normalized spacial score (nSPS) is 16.6. The molecule has 0 bridgehead atoms. The summed E-state index contributed by atoms with van der Waals surface area (Å²) in [5.41, 5.74) is 0.927. The average molecular weight is 350 g/mol. The van der Waals surface area contributed by atoms with Gasteiger partial charge in [0.05, 0.1) is 13.2 Å². The minimum Gasteiger partial charge on any atom is -0.465 e. The highest BCUT2D eigenvalue weighted by Crippen LogP contribution is 2.40. The molecule has 0 amide bonds. The molecular formula is C17H16ClNO3S. The molecule has 0 N–H and O–H groups in total. The Bertz CT molecular complexity index is 767. The van der Waals surface area contributed by atoms with Crippen LogP contribution in [0, 0.1) is 0 Å². The van der Waals surface area contributed by atoms with Crippen LogP contribution in [0.3, 0.4) is 0 Å². The lowest BCUT2D eigenvalue weighted by Crippen LogP contribution is -2.21. The first-order valence-electron chi connectivity index (χ1n) is 7.09. The van der Waals surface area contributed by atoms with Gasteiger partial charge in [-0.2, -0.15) is 0 Å². The Balaban J connectivity index is 1.97. The predicted octanol–water partition coefficient (Wildman–Crippen LogP) is 4.57. The van der Waals surface area contributed by atoms with Crippen molar-refractivity contribution < 1.29 is 14.3 Å². The van der Waals surface area contributed by atoms with Crippen LogP contribution >= 0.6 is 22.9 Å². The number of benzene rings is 1. The van der Waals surface area contributed by atoms with Gasteiger partial charge in [0.25, 0.3) is 0 Å². The number of halogens is 1. The van der Waals surface area contributed by atoms with E-state index in [0.29, 0.717) is 21.4 Å². The molecule has 23 heavy (non-hydrogen) atoms. The van der Waals surface area contributed by atoms with Gasteiger partial charge in [0.2, 0.25) is 0 Å². The fourth-order valence-corrected chi connectivity index (χ4v) is 3.68. The van der Waals surface area contributed by atoms with E-state index < -0.39 is 0 Å². The third kappa shape index (κ3) is 3.07. The number of rotatable bonds is 3. The molecule has 1 unspecified atom stereocenters. The summed E-state index contributed by atoms with van der Waals surface area (Å²) in [4.78, 5) is 15.5. The molecule has 0 aliphatic carbocycles. The molecule has 2 aromatic rings. The maximum Gasteiger partial charge on any atom is 0.348 e. The minimum absolute atomic E-state index is 0.172. The molecule has 2 heterocycles. The standard InChI is InChI=1S/C17H16ClNO3S/c1-10-16-13(8-15(23-16)17(20)21-3)14(9-19(10)2)22-12-6-4-11(18)5-7-12/h4-10H,1-3H3. The monoisotopic (exact) mass is 349 g/mol. The van der Waals surface area contributed by atoms with Gasteiger partial charge in [0.1, 0.15) is 10.6 Å². The Labute approximate surface area is 143 Å². The lowest BCUT2D eigenvalue weighted by atomic mass is 10.1. The SMILES string of the molecule is COC(=O)c1cc2c(s1)C(C)N(C)C=C2Oc1ccc(Cl)cc1. The summed E-state index contributed by atoms with van der Waals surface area (Å²) < 4.78 is 10.8. The zero-order chi connectivity index (χ0) is 16.6. The van der Waals surface area contributed by atoms with Crippen molar-refractivity contribution in [1.29, 1.82) is 0 Å². The third-order valence-corrected chi connectivity index (χ3v) is 5.30. The van der Waals surface area contributed by atoms with Crippen LogP contribution in [-0.4, -0.2) is 25.0 Å². The molecule has 1 aliphatic heterocycles. The van der Waals surface area contributed by atoms with E-state index in [4.69, 9.17) is 21.1 Å². The second-order valence-corrected chi connectivity index (χ2v) is 6.79. The Morgan fingerprint density at radius 3 is 2.65 bits per heavy atom. The van der Waals surface area contributed by atoms with Crippen molar-refractivity contribution in [3.63, 3.8) is 0 Å². The number of carbonyl (C=O) groups is 1. The van der Waals surface area contributed by atoms with Crippen molar-refractivity contribution >= 4 is 34.7 Å². The van der Waals surface area contributed by atoms with Gasteiger partial charge >= 0.3 is 5.97 Å². The molecule has 3 rings (SSSR count). The summed E-state index contributed by atoms with van der Waals surface area (Å²) in [6.45, 7) is 2.09. The zero-order valence-electron chi connectivity index (χ0n) is 13.0. The number of ether oxygens (including phenoxy) is 2. The largest absolute Gasteiger partial charge is 0.465 e. The average Bonchev–Trinajstić information content (AvgIpc) is 2.99. The number of hydrogen-bond acceptors (Lipinski definition) is 5. The molecule has 0 radical (unpaired) electrons. The Morgan fingerprint density at radius 2 is 2.00 bits per heavy atom. The lowest BCUT2D eigenvalue weighted by molar-refractivity contribution is 0.0606.